The van der Waals surface area contributed by atoms with Crippen molar-refractivity contribution in [1.82, 2.24) is 10.5 Å². The van der Waals surface area contributed by atoms with Crippen molar-refractivity contribution in [2.45, 2.75) is 19.9 Å². The normalized spacial score (nSPS) is 10.1. The van der Waals surface area contributed by atoms with Crippen LogP contribution in [0.2, 0.25) is 0 Å². The zero-order chi connectivity index (χ0) is 15.9. The summed E-state index contributed by atoms with van der Waals surface area (Å²) < 4.78 is 10.0. The smallest absolute Gasteiger partial charge is 0.235 e. The van der Waals surface area contributed by atoms with Crippen LogP contribution in [0.15, 0.2) is 34.9 Å². The van der Waals surface area contributed by atoms with E-state index in [1.807, 2.05) is 18.2 Å². The number of amides is 2. The van der Waals surface area contributed by atoms with Gasteiger partial charge in [0.15, 0.2) is 5.82 Å². The number of methoxy groups -OCH3 is 1. The maximum Gasteiger partial charge on any atom is 0.235 e. The summed E-state index contributed by atoms with van der Waals surface area (Å²) in [4.78, 5) is 23.5. The van der Waals surface area contributed by atoms with Crippen molar-refractivity contribution in [3.63, 3.8) is 0 Å². The molecule has 0 aliphatic rings. The lowest BCUT2D eigenvalue weighted by atomic mass is 10.2. The first-order chi connectivity index (χ1) is 10.6. The Kier molecular flexibility index (Phi) is 5.13. The van der Waals surface area contributed by atoms with Crippen LogP contribution in [-0.2, 0) is 16.1 Å². The molecule has 0 aliphatic heterocycles. The molecule has 0 saturated carbocycles. The number of rotatable bonds is 6. The Balaban J connectivity index is 1.81. The lowest BCUT2D eigenvalue weighted by molar-refractivity contribution is -0.126. The molecule has 0 unspecified atom stereocenters. The van der Waals surface area contributed by atoms with Gasteiger partial charge < -0.3 is 19.9 Å². The van der Waals surface area contributed by atoms with Crippen molar-refractivity contribution in [2.24, 2.45) is 0 Å². The minimum atomic E-state index is -0.453. The summed E-state index contributed by atoms with van der Waals surface area (Å²) in [5, 5.41) is 8.78. The lowest BCUT2D eigenvalue weighted by Crippen LogP contribution is -2.27. The minimum absolute atomic E-state index is 0.291. The first-order valence-corrected chi connectivity index (χ1v) is 6.70. The average Bonchev–Trinajstić information content (AvgIpc) is 2.90. The molecule has 1 aromatic heterocycles. The topological polar surface area (TPSA) is 93.5 Å². The van der Waals surface area contributed by atoms with Gasteiger partial charge in [-0.25, -0.2) is 0 Å². The van der Waals surface area contributed by atoms with Crippen molar-refractivity contribution < 1.29 is 18.8 Å². The van der Waals surface area contributed by atoms with Gasteiger partial charge in [-0.3, -0.25) is 9.59 Å². The number of ether oxygens (including phenoxy) is 1. The van der Waals surface area contributed by atoms with E-state index in [9.17, 15) is 9.59 Å². The van der Waals surface area contributed by atoms with Crippen LogP contribution in [0.3, 0.4) is 0 Å². The van der Waals surface area contributed by atoms with E-state index in [0.717, 1.165) is 5.56 Å². The Morgan fingerprint density at radius 1 is 1.27 bits per heavy atom. The molecule has 0 saturated heterocycles. The van der Waals surface area contributed by atoms with E-state index in [-0.39, 0.29) is 12.3 Å². The van der Waals surface area contributed by atoms with E-state index < -0.39 is 5.91 Å². The number of aryl methyl sites for hydroxylation is 1. The maximum absolute atomic E-state index is 11.8. The number of hydrogen-bond acceptors (Lipinski definition) is 5. The van der Waals surface area contributed by atoms with Gasteiger partial charge in [0.1, 0.15) is 17.9 Å². The molecule has 7 nitrogen and oxygen atoms in total. The molecule has 2 rings (SSSR count). The molecule has 2 amide bonds. The molecule has 2 N–H and O–H groups in total. The summed E-state index contributed by atoms with van der Waals surface area (Å²) in [7, 11) is 1.56. The van der Waals surface area contributed by atoms with Crippen molar-refractivity contribution in [3.8, 4) is 5.75 Å². The molecule has 0 atom stereocenters. The minimum Gasteiger partial charge on any atom is -0.496 e. The first-order valence-electron chi connectivity index (χ1n) is 6.70. The van der Waals surface area contributed by atoms with E-state index in [4.69, 9.17) is 9.26 Å². The molecule has 0 aliphatic carbocycles. The summed E-state index contributed by atoms with van der Waals surface area (Å²) in [6.07, 6.45) is -0.291. The van der Waals surface area contributed by atoms with Crippen LogP contribution in [0, 0.1) is 6.92 Å². The van der Waals surface area contributed by atoms with Gasteiger partial charge >= 0.3 is 0 Å². The fraction of sp³-hybridized carbons (Fsp3) is 0.267. The van der Waals surface area contributed by atoms with Crippen LogP contribution < -0.4 is 15.4 Å². The maximum atomic E-state index is 11.8. The molecule has 22 heavy (non-hydrogen) atoms. The highest BCUT2D eigenvalue weighted by Crippen LogP contribution is 2.16. The summed E-state index contributed by atoms with van der Waals surface area (Å²) in [5.41, 5.74) is 0.839. The van der Waals surface area contributed by atoms with Gasteiger partial charge in [-0.2, -0.15) is 0 Å². The van der Waals surface area contributed by atoms with Gasteiger partial charge in [0.05, 0.1) is 7.11 Å². The molecule has 116 valence electrons. The summed E-state index contributed by atoms with van der Waals surface area (Å²) >= 11 is 0. The number of carbonyl (C=O) groups excluding carboxylic acids is 2. The van der Waals surface area contributed by atoms with Crippen LogP contribution in [0.1, 0.15) is 17.7 Å². The predicted octanol–water partition coefficient (Wildman–Crippen LogP) is 1.64. The molecular formula is C15H17N3O4. The van der Waals surface area contributed by atoms with Gasteiger partial charge in [-0.15, -0.1) is 0 Å². The van der Waals surface area contributed by atoms with Crippen LogP contribution in [-0.4, -0.2) is 24.1 Å². The largest absolute Gasteiger partial charge is 0.496 e. The highest BCUT2D eigenvalue weighted by molar-refractivity contribution is 6.03. The van der Waals surface area contributed by atoms with E-state index in [0.29, 0.717) is 23.9 Å². The van der Waals surface area contributed by atoms with Crippen molar-refractivity contribution in [3.05, 3.63) is 41.7 Å². The van der Waals surface area contributed by atoms with E-state index in [2.05, 4.69) is 15.8 Å². The standard InChI is InChI=1S/C15H17N3O4/c1-10-7-13(18-22-10)17-15(20)8-14(19)16-9-11-5-3-4-6-12(11)21-2/h3-7H,8-9H2,1-2H3,(H,16,19)(H,17,18,20). The number of aromatic nitrogens is 1. The highest BCUT2D eigenvalue weighted by Gasteiger charge is 2.12. The zero-order valence-corrected chi connectivity index (χ0v) is 12.4. The summed E-state index contributed by atoms with van der Waals surface area (Å²) in [5.74, 6) is 0.718. The zero-order valence-electron chi connectivity index (χ0n) is 12.4. The fourth-order valence-corrected chi connectivity index (χ4v) is 1.86. The predicted molar refractivity (Wildman–Crippen MR) is 79.3 cm³/mol. The quantitative estimate of drug-likeness (QED) is 0.791. The van der Waals surface area contributed by atoms with Crippen molar-refractivity contribution in [1.29, 1.82) is 0 Å². The Bertz CT molecular complexity index is 666. The number of nitrogens with zero attached hydrogens (tertiary/aromatic N) is 1. The number of benzene rings is 1. The van der Waals surface area contributed by atoms with Crippen molar-refractivity contribution in [2.75, 3.05) is 12.4 Å². The van der Waals surface area contributed by atoms with E-state index >= 15 is 0 Å². The molecule has 0 spiro atoms. The molecule has 2 aromatic rings. The molecule has 1 aromatic carbocycles. The summed E-state index contributed by atoms with van der Waals surface area (Å²) in [6.45, 7) is 2.00. The fourth-order valence-electron chi connectivity index (χ4n) is 1.86. The third-order valence-electron chi connectivity index (χ3n) is 2.89. The second kappa shape index (κ2) is 7.26. The third-order valence-corrected chi connectivity index (χ3v) is 2.89. The van der Waals surface area contributed by atoms with E-state index in [1.165, 1.54) is 0 Å². The third kappa shape index (κ3) is 4.34. The van der Waals surface area contributed by atoms with Crippen molar-refractivity contribution >= 4 is 17.6 Å². The van der Waals surface area contributed by atoms with Gasteiger partial charge in [-0.05, 0) is 13.0 Å². The highest BCUT2D eigenvalue weighted by atomic mass is 16.5. The van der Waals surface area contributed by atoms with Gasteiger partial charge in [-0.1, -0.05) is 23.4 Å². The summed E-state index contributed by atoms with van der Waals surface area (Å²) in [6, 6.07) is 8.92. The Labute approximate surface area is 127 Å². The number of para-hydroxylation sites is 1. The molecule has 0 fully saturated rings. The Morgan fingerprint density at radius 3 is 2.73 bits per heavy atom. The number of hydrogen-bond donors (Lipinski definition) is 2. The lowest BCUT2D eigenvalue weighted by Gasteiger charge is -2.09. The number of nitrogens with one attached hydrogen (secondary N) is 2. The molecule has 7 heteroatoms. The Morgan fingerprint density at radius 2 is 2.05 bits per heavy atom. The van der Waals surface area contributed by atoms with Crippen LogP contribution in [0.4, 0.5) is 5.82 Å². The van der Waals surface area contributed by atoms with E-state index in [1.54, 1.807) is 26.2 Å². The molecule has 1 heterocycles. The average molecular weight is 303 g/mol. The van der Waals surface area contributed by atoms with Gasteiger partial charge in [0.2, 0.25) is 11.8 Å². The number of carbonyl (C=O) groups is 2. The van der Waals surface area contributed by atoms with Gasteiger partial charge in [0.25, 0.3) is 0 Å². The second-order valence-electron chi connectivity index (χ2n) is 4.64. The SMILES string of the molecule is COc1ccccc1CNC(=O)CC(=O)Nc1cc(C)on1. The number of anilines is 1. The van der Waals surface area contributed by atoms with Crippen LogP contribution >= 0.6 is 0 Å². The Hall–Kier alpha value is -2.83. The molecule has 0 radical (unpaired) electrons. The molecule has 0 bridgehead atoms. The van der Waals surface area contributed by atoms with Gasteiger partial charge in [0, 0.05) is 18.2 Å². The monoisotopic (exact) mass is 303 g/mol. The first kappa shape index (κ1) is 15.6. The van der Waals surface area contributed by atoms with Crippen LogP contribution in [0.5, 0.6) is 5.75 Å². The molecular weight excluding hydrogens is 286 g/mol. The van der Waals surface area contributed by atoms with Crippen LogP contribution in [0.25, 0.3) is 0 Å². The second-order valence-corrected chi connectivity index (χ2v) is 4.64.